The van der Waals surface area contributed by atoms with Crippen LogP contribution in [0, 0.1) is 5.82 Å². The molecule has 1 amide bonds. The molecule has 1 fully saturated rings. The zero-order chi connectivity index (χ0) is 16.8. The van der Waals surface area contributed by atoms with Gasteiger partial charge in [-0.25, -0.2) is 4.39 Å². The maximum atomic E-state index is 13.7. The molecule has 1 aromatic carbocycles. The van der Waals surface area contributed by atoms with E-state index in [1.165, 1.54) is 6.07 Å². The van der Waals surface area contributed by atoms with Crippen LogP contribution in [0.4, 0.5) is 4.39 Å². The van der Waals surface area contributed by atoms with Crippen molar-refractivity contribution >= 4 is 27.8 Å². The quantitative estimate of drug-likeness (QED) is 0.618. The van der Waals surface area contributed by atoms with Crippen molar-refractivity contribution in [3.63, 3.8) is 0 Å². The minimum Gasteiger partial charge on any atom is -0.352 e. The number of benzene rings is 1. The molecule has 1 aliphatic heterocycles. The molecule has 1 unspecified atom stereocenters. The molecule has 2 N–H and O–H groups in total. The summed E-state index contributed by atoms with van der Waals surface area (Å²) in [6.07, 6.45) is 1.42. The zero-order valence-electron chi connectivity index (χ0n) is 13.4. The minimum atomic E-state index is -0.253. The standard InChI is InChI=1S/C16H22BrFN4O/c1-3-15(23)22-7-6-13(10-22)21-16(19-2)20-9-11-8-12(17)4-5-14(11)18/h4-5,8,13H,3,6-7,9-10H2,1-2H3,(H2,19,20,21). The number of amides is 1. The van der Waals surface area contributed by atoms with Gasteiger partial charge >= 0.3 is 0 Å². The van der Waals surface area contributed by atoms with Gasteiger partial charge in [-0.2, -0.15) is 0 Å². The van der Waals surface area contributed by atoms with Crippen molar-refractivity contribution in [3.8, 4) is 0 Å². The van der Waals surface area contributed by atoms with E-state index in [1.807, 2.05) is 11.8 Å². The summed E-state index contributed by atoms with van der Waals surface area (Å²) in [5.41, 5.74) is 0.566. The highest BCUT2D eigenvalue weighted by Gasteiger charge is 2.25. The Morgan fingerprint density at radius 1 is 1.52 bits per heavy atom. The van der Waals surface area contributed by atoms with Gasteiger partial charge in [0.15, 0.2) is 5.96 Å². The fraction of sp³-hybridized carbons (Fsp3) is 0.500. The summed E-state index contributed by atoms with van der Waals surface area (Å²) in [5.74, 6) is 0.533. The molecule has 23 heavy (non-hydrogen) atoms. The topological polar surface area (TPSA) is 56.7 Å². The molecule has 1 atom stereocenters. The molecule has 1 heterocycles. The molecule has 5 nitrogen and oxygen atoms in total. The first-order valence-electron chi connectivity index (χ1n) is 7.72. The lowest BCUT2D eigenvalue weighted by molar-refractivity contribution is -0.129. The van der Waals surface area contributed by atoms with Gasteiger partial charge in [-0.15, -0.1) is 0 Å². The van der Waals surface area contributed by atoms with Crippen LogP contribution in [0.2, 0.25) is 0 Å². The van der Waals surface area contributed by atoms with E-state index in [2.05, 4.69) is 31.6 Å². The molecule has 0 bridgehead atoms. The molecule has 2 rings (SSSR count). The van der Waals surface area contributed by atoms with Crippen LogP contribution < -0.4 is 10.6 Å². The molecule has 1 aromatic rings. The number of nitrogens with one attached hydrogen (secondary N) is 2. The van der Waals surface area contributed by atoms with E-state index in [1.54, 1.807) is 19.2 Å². The maximum Gasteiger partial charge on any atom is 0.222 e. The van der Waals surface area contributed by atoms with Gasteiger partial charge in [-0.3, -0.25) is 9.79 Å². The van der Waals surface area contributed by atoms with E-state index in [9.17, 15) is 9.18 Å². The van der Waals surface area contributed by atoms with Gasteiger partial charge in [0.1, 0.15) is 5.82 Å². The second kappa shape index (κ2) is 8.29. The Morgan fingerprint density at radius 3 is 3.00 bits per heavy atom. The summed E-state index contributed by atoms with van der Waals surface area (Å²) in [7, 11) is 1.68. The second-order valence-electron chi connectivity index (χ2n) is 5.48. The molecule has 0 aliphatic carbocycles. The molecule has 1 aliphatic rings. The third-order valence-electron chi connectivity index (χ3n) is 3.86. The third-order valence-corrected chi connectivity index (χ3v) is 4.36. The van der Waals surface area contributed by atoms with Crippen LogP contribution >= 0.6 is 15.9 Å². The highest BCUT2D eigenvalue weighted by atomic mass is 79.9. The average Bonchev–Trinajstić information content (AvgIpc) is 3.02. The Balaban J connectivity index is 1.87. The first kappa shape index (κ1) is 17.7. The molecular formula is C16H22BrFN4O. The summed E-state index contributed by atoms with van der Waals surface area (Å²) in [5, 5.41) is 6.40. The summed E-state index contributed by atoms with van der Waals surface area (Å²) < 4.78 is 14.6. The molecular weight excluding hydrogens is 363 g/mol. The van der Waals surface area contributed by atoms with Crippen molar-refractivity contribution in [2.24, 2.45) is 4.99 Å². The summed E-state index contributed by atoms with van der Waals surface area (Å²) in [6.45, 7) is 3.66. The molecule has 1 saturated heterocycles. The van der Waals surface area contributed by atoms with E-state index < -0.39 is 0 Å². The number of nitrogens with zero attached hydrogens (tertiary/aromatic N) is 2. The van der Waals surface area contributed by atoms with Gasteiger partial charge in [-0.1, -0.05) is 22.9 Å². The summed E-state index contributed by atoms with van der Waals surface area (Å²) in [4.78, 5) is 17.7. The van der Waals surface area contributed by atoms with E-state index >= 15 is 0 Å². The first-order chi connectivity index (χ1) is 11.0. The highest BCUT2D eigenvalue weighted by molar-refractivity contribution is 9.10. The van der Waals surface area contributed by atoms with Crippen molar-refractivity contribution < 1.29 is 9.18 Å². The zero-order valence-corrected chi connectivity index (χ0v) is 15.0. The van der Waals surface area contributed by atoms with Crippen molar-refractivity contribution in [2.45, 2.75) is 32.4 Å². The fourth-order valence-electron chi connectivity index (χ4n) is 2.57. The van der Waals surface area contributed by atoms with Crippen LogP contribution in [0.3, 0.4) is 0 Å². The number of halogens is 2. The largest absolute Gasteiger partial charge is 0.352 e. The number of carbonyl (C=O) groups is 1. The van der Waals surface area contributed by atoms with Gasteiger partial charge in [0.05, 0.1) is 0 Å². The number of guanidine groups is 1. The molecule has 0 saturated carbocycles. The van der Waals surface area contributed by atoms with E-state index in [-0.39, 0.29) is 17.8 Å². The van der Waals surface area contributed by atoms with Gasteiger partial charge in [0.25, 0.3) is 0 Å². The number of carbonyl (C=O) groups excluding carboxylic acids is 1. The molecule has 0 aromatic heterocycles. The van der Waals surface area contributed by atoms with Gasteiger partial charge in [0.2, 0.25) is 5.91 Å². The van der Waals surface area contributed by atoms with Gasteiger partial charge < -0.3 is 15.5 Å². The van der Waals surface area contributed by atoms with Crippen LogP contribution in [-0.4, -0.2) is 42.9 Å². The van der Waals surface area contributed by atoms with Crippen LogP contribution in [0.1, 0.15) is 25.3 Å². The minimum absolute atomic E-state index is 0.170. The van der Waals surface area contributed by atoms with Crippen LogP contribution in [0.25, 0.3) is 0 Å². The Kier molecular flexibility index (Phi) is 6.38. The normalized spacial score (nSPS) is 18.2. The maximum absolute atomic E-state index is 13.7. The molecule has 0 spiro atoms. The number of aliphatic imine (C=N–C) groups is 1. The number of hydrogen-bond donors (Lipinski definition) is 2. The van der Waals surface area contributed by atoms with Crippen molar-refractivity contribution in [2.75, 3.05) is 20.1 Å². The van der Waals surface area contributed by atoms with Crippen molar-refractivity contribution in [1.82, 2.24) is 15.5 Å². The highest BCUT2D eigenvalue weighted by Crippen LogP contribution is 2.15. The molecule has 126 valence electrons. The predicted octanol–water partition coefficient (Wildman–Crippen LogP) is 2.26. The van der Waals surface area contributed by atoms with E-state index in [0.29, 0.717) is 31.0 Å². The number of rotatable bonds is 4. The Morgan fingerprint density at radius 2 is 2.30 bits per heavy atom. The van der Waals surface area contributed by atoms with Crippen molar-refractivity contribution in [1.29, 1.82) is 0 Å². The van der Waals surface area contributed by atoms with Crippen LogP contribution in [0.5, 0.6) is 0 Å². The SMILES string of the molecule is CCC(=O)N1CCC(NC(=NC)NCc2cc(Br)ccc2F)C1. The third kappa shape index (κ3) is 4.92. The molecule has 7 heteroatoms. The lowest BCUT2D eigenvalue weighted by Crippen LogP contribution is -2.44. The fourth-order valence-corrected chi connectivity index (χ4v) is 2.98. The first-order valence-corrected chi connectivity index (χ1v) is 8.51. The summed E-state index contributed by atoms with van der Waals surface area (Å²) in [6, 6.07) is 5.02. The smallest absolute Gasteiger partial charge is 0.222 e. The number of likely N-dealkylation sites (tertiary alicyclic amines) is 1. The van der Waals surface area contributed by atoms with E-state index in [4.69, 9.17) is 0 Å². The lowest BCUT2D eigenvalue weighted by Gasteiger charge is -2.19. The van der Waals surface area contributed by atoms with Crippen LogP contribution in [0.15, 0.2) is 27.7 Å². The second-order valence-corrected chi connectivity index (χ2v) is 6.40. The Labute approximate surface area is 144 Å². The summed E-state index contributed by atoms with van der Waals surface area (Å²) >= 11 is 3.34. The van der Waals surface area contributed by atoms with Crippen LogP contribution in [-0.2, 0) is 11.3 Å². The molecule has 0 radical (unpaired) electrons. The van der Waals surface area contributed by atoms with Gasteiger partial charge in [-0.05, 0) is 24.6 Å². The monoisotopic (exact) mass is 384 g/mol. The lowest BCUT2D eigenvalue weighted by atomic mass is 10.2. The predicted molar refractivity (Wildman–Crippen MR) is 92.7 cm³/mol. The Bertz CT molecular complexity index is 593. The van der Waals surface area contributed by atoms with E-state index in [0.717, 1.165) is 17.4 Å². The average molecular weight is 385 g/mol. The Hall–Kier alpha value is -1.63. The van der Waals surface area contributed by atoms with Gasteiger partial charge in [0, 0.05) is 49.2 Å². The van der Waals surface area contributed by atoms with Crippen molar-refractivity contribution in [3.05, 3.63) is 34.1 Å². The number of hydrogen-bond acceptors (Lipinski definition) is 2.